The zero-order chi connectivity index (χ0) is 16.8. The third kappa shape index (κ3) is 4.30. The number of nitrogens with zero attached hydrogens (tertiary/aromatic N) is 3. The van der Waals surface area contributed by atoms with Crippen LogP contribution in [0.5, 0.6) is 0 Å². The molecule has 5 heteroatoms. The summed E-state index contributed by atoms with van der Waals surface area (Å²) < 4.78 is 5.49. The van der Waals surface area contributed by atoms with E-state index in [-0.39, 0.29) is 6.10 Å². The van der Waals surface area contributed by atoms with Crippen molar-refractivity contribution >= 4 is 0 Å². The van der Waals surface area contributed by atoms with Crippen LogP contribution in [-0.4, -0.2) is 45.9 Å². The number of likely N-dealkylation sites (tertiary alicyclic amines) is 1. The molecule has 1 aliphatic rings. The zero-order valence-electron chi connectivity index (χ0n) is 14.0. The minimum absolute atomic E-state index is 0.271. The van der Waals surface area contributed by atoms with Gasteiger partial charge in [-0.25, -0.2) is 0 Å². The largest absolute Gasteiger partial charge is 0.392 e. The van der Waals surface area contributed by atoms with Gasteiger partial charge in [-0.3, -0.25) is 0 Å². The summed E-state index contributed by atoms with van der Waals surface area (Å²) in [5.41, 5.74) is 0.982. The molecule has 0 aliphatic carbocycles. The van der Waals surface area contributed by atoms with Gasteiger partial charge in [-0.15, -0.1) is 6.58 Å². The molecule has 24 heavy (non-hydrogen) atoms. The van der Waals surface area contributed by atoms with Gasteiger partial charge in [0.2, 0.25) is 11.7 Å². The van der Waals surface area contributed by atoms with Crippen molar-refractivity contribution in [3.63, 3.8) is 0 Å². The number of aliphatic hydroxyl groups is 1. The Morgan fingerprint density at radius 3 is 2.75 bits per heavy atom. The van der Waals surface area contributed by atoms with E-state index in [4.69, 9.17) is 4.52 Å². The maximum atomic E-state index is 10.0. The summed E-state index contributed by atoms with van der Waals surface area (Å²) in [6.07, 6.45) is 5.22. The van der Waals surface area contributed by atoms with Crippen LogP contribution in [0.25, 0.3) is 11.4 Å². The van der Waals surface area contributed by atoms with E-state index < -0.39 is 0 Å². The molecule has 5 nitrogen and oxygen atoms in total. The van der Waals surface area contributed by atoms with E-state index in [1.54, 1.807) is 0 Å². The molecule has 1 atom stereocenters. The fourth-order valence-corrected chi connectivity index (χ4v) is 3.17. The first-order chi connectivity index (χ1) is 11.8. The molecular weight excluding hydrogens is 302 g/mol. The lowest BCUT2D eigenvalue weighted by Gasteiger charge is -2.31. The Balaban J connectivity index is 1.52. The van der Waals surface area contributed by atoms with Crippen molar-refractivity contribution < 1.29 is 9.63 Å². The highest BCUT2D eigenvalue weighted by molar-refractivity contribution is 5.53. The first-order valence-electron chi connectivity index (χ1n) is 8.66. The summed E-state index contributed by atoms with van der Waals surface area (Å²) in [7, 11) is 0. The Labute approximate surface area is 143 Å². The molecule has 1 saturated heterocycles. The molecule has 1 aromatic heterocycles. The van der Waals surface area contributed by atoms with Crippen LogP contribution in [-0.2, 0) is 0 Å². The van der Waals surface area contributed by atoms with Crippen LogP contribution < -0.4 is 0 Å². The van der Waals surface area contributed by atoms with Crippen LogP contribution in [0, 0.1) is 0 Å². The average molecular weight is 327 g/mol. The molecule has 0 spiro atoms. The quantitative estimate of drug-likeness (QED) is 0.791. The molecule has 128 valence electrons. The lowest BCUT2D eigenvalue weighted by atomic mass is 9.96. The second-order valence-corrected chi connectivity index (χ2v) is 6.42. The minimum atomic E-state index is -0.271. The number of β-amino-alcohol motifs (C(OH)–C–C–N with tert-alkyl or cyclic N) is 1. The number of aromatic nitrogens is 2. The van der Waals surface area contributed by atoms with Crippen molar-refractivity contribution in [3.05, 3.63) is 48.9 Å². The first kappa shape index (κ1) is 16.9. The van der Waals surface area contributed by atoms with Crippen molar-refractivity contribution in [2.24, 2.45) is 0 Å². The van der Waals surface area contributed by atoms with Crippen LogP contribution in [0.4, 0.5) is 0 Å². The number of piperidine rings is 1. The van der Waals surface area contributed by atoms with Gasteiger partial charge in [0.15, 0.2) is 0 Å². The van der Waals surface area contributed by atoms with Gasteiger partial charge in [0.05, 0.1) is 6.10 Å². The smallest absolute Gasteiger partial charge is 0.230 e. The summed E-state index contributed by atoms with van der Waals surface area (Å²) in [4.78, 5) is 6.89. The standard InChI is InChI=1S/C19H25N3O2/c1-2-3-9-17(23)14-22-12-10-16(11-13-22)19-20-18(21-24-19)15-7-5-4-6-8-15/h2,4-8,16-17,23H,1,3,9-14H2. The first-order valence-corrected chi connectivity index (χ1v) is 8.66. The van der Waals surface area contributed by atoms with Crippen molar-refractivity contribution in [2.45, 2.75) is 37.7 Å². The SMILES string of the molecule is C=CCCC(O)CN1CCC(c2nc(-c3ccccc3)no2)CC1. The number of benzene rings is 1. The maximum Gasteiger partial charge on any atom is 0.230 e. The third-order valence-corrected chi connectivity index (χ3v) is 4.58. The van der Waals surface area contributed by atoms with Crippen molar-refractivity contribution in [1.29, 1.82) is 0 Å². The number of aliphatic hydroxyl groups excluding tert-OH is 1. The number of hydrogen-bond donors (Lipinski definition) is 1. The van der Waals surface area contributed by atoms with Crippen LogP contribution in [0.2, 0.25) is 0 Å². The molecular formula is C19H25N3O2. The van der Waals surface area contributed by atoms with E-state index in [9.17, 15) is 5.11 Å². The van der Waals surface area contributed by atoms with E-state index in [0.717, 1.165) is 56.8 Å². The van der Waals surface area contributed by atoms with Gasteiger partial charge in [-0.2, -0.15) is 4.98 Å². The Kier molecular flexibility index (Phi) is 5.77. The molecule has 2 aromatic rings. The zero-order valence-corrected chi connectivity index (χ0v) is 14.0. The van der Waals surface area contributed by atoms with Crippen LogP contribution in [0.15, 0.2) is 47.5 Å². The van der Waals surface area contributed by atoms with Crippen LogP contribution in [0.1, 0.15) is 37.5 Å². The normalized spacial score (nSPS) is 17.7. The van der Waals surface area contributed by atoms with E-state index in [1.807, 2.05) is 36.4 Å². The average Bonchev–Trinajstić information content (AvgIpc) is 3.11. The van der Waals surface area contributed by atoms with Crippen LogP contribution >= 0.6 is 0 Å². The third-order valence-electron chi connectivity index (χ3n) is 4.58. The Morgan fingerprint density at radius 2 is 2.04 bits per heavy atom. The second-order valence-electron chi connectivity index (χ2n) is 6.42. The lowest BCUT2D eigenvalue weighted by Crippen LogP contribution is -2.38. The predicted octanol–water partition coefficient (Wildman–Crippen LogP) is 3.24. The van der Waals surface area contributed by atoms with Gasteiger partial charge in [0, 0.05) is 18.0 Å². The van der Waals surface area contributed by atoms with Crippen molar-refractivity contribution in [2.75, 3.05) is 19.6 Å². The molecule has 0 radical (unpaired) electrons. The van der Waals surface area contributed by atoms with Gasteiger partial charge >= 0.3 is 0 Å². The highest BCUT2D eigenvalue weighted by Gasteiger charge is 2.26. The Morgan fingerprint density at radius 1 is 1.29 bits per heavy atom. The number of rotatable bonds is 7. The molecule has 0 amide bonds. The molecule has 1 fully saturated rings. The van der Waals surface area contributed by atoms with Gasteiger partial charge in [0.1, 0.15) is 0 Å². The molecule has 1 unspecified atom stereocenters. The predicted molar refractivity (Wildman–Crippen MR) is 93.6 cm³/mol. The Hall–Kier alpha value is -1.98. The highest BCUT2D eigenvalue weighted by atomic mass is 16.5. The van der Waals surface area contributed by atoms with E-state index >= 15 is 0 Å². The van der Waals surface area contributed by atoms with Gasteiger partial charge in [0.25, 0.3) is 0 Å². The summed E-state index contributed by atoms with van der Waals surface area (Å²) in [5.74, 6) is 1.71. The summed E-state index contributed by atoms with van der Waals surface area (Å²) in [6.45, 7) is 6.35. The number of hydrogen-bond acceptors (Lipinski definition) is 5. The topological polar surface area (TPSA) is 62.4 Å². The molecule has 1 aliphatic heterocycles. The summed E-state index contributed by atoms with van der Waals surface area (Å²) in [5, 5.41) is 14.1. The fraction of sp³-hybridized carbons (Fsp3) is 0.474. The van der Waals surface area contributed by atoms with E-state index in [2.05, 4.69) is 21.6 Å². The molecule has 1 aromatic carbocycles. The summed E-state index contributed by atoms with van der Waals surface area (Å²) in [6, 6.07) is 9.90. The van der Waals surface area contributed by atoms with Gasteiger partial charge < -0.3 is 14.5 Å². The monoisotopic (exact) mass is 327 g/mol. The molecule has 0 bridgehead atoms. The molecule has 1 N–H and O–H groups in total. The highest BCUT2D eigenvalue weighted by Crippen LogP contribution is 2.28. The molecule has 2 heterocycles. The lowest BCUT2D eigenvalue weighted by molar-refractivity contribution is 0.0890. The van der Waals surface area contributed by atoms with Crippen molar-refractivity contribution in [3.8, 4) is 11.4 Å². The second kappa shape index (κ2) is 8.22. The number of allylic oxidation sites excluding steroid dienone is 1. The molecule has 3 rings (SSSR count). The molecule has 0 saturated carbocycles. The van der Waals surface area contributed by atoms with E-state index in [0.29, 0.717) is 11.7 Å². The minimum Gasteiger partial charge on any atom is -0.392 e. The van der Waals surface area contributed by atoms with E-state index in [1.165, 1.54) is 0 Å². The maximum absolute atomic E-state index is 10.0. The van der Waals surface area contributed by atoms with Gasteiger partial charge in [-0.1, -0.05) is 41.6 Å². The van der Waals surface area contributed by atoms with Crippen LogP contribution in [0.3, 0.4) is 0 Å². The fourth-order valence-electron chi connectivity index (χ4n) is 3.17. The summed E-state index contributed by atoms with van der Waals surface area (Å²) >= 11 is 0. The van der Waals surface area contributed by atoms with Gasteiger partial charge in [-0.05, 0) is 38.8 Å². The Bertz CT molecular complexity index is 633. The van der Waals surface area contributed by atoms with Crippen molar-refractivity contribution in [1.82, 2.24) is 15.0 Å².